The molecule has 0 radical (unpaired) electrons. The van der Waals surface area contributed by atoms with E-state index < -0.39 is 0 Å². The molecule has 1 aliphatic rings. The number of nitrogens with zero attached hydrogens (tertiary/aromatic N) is 1. The van der Waals surface area contributed by atoms with Crippen LogP contribution < -0.4 is 5.46 Å². The topological polar surface area (TPSA) is 31.4 Å². The highest BCUT2D eigenvalue weighted by atomic mass is 16.7. The minimum absolute atomic E-state index is 0.339. The molecule has 0 amide bonds. The van der Waals surface area contributed by atoms with Crippen molar-refractivity contribution in [1.29, 1.82) is 0 Å². The number of benzene rings is 1. The summed E-state index contributed by atoms with van der Waals surface area (Å²) in [6, 6.07) is 10.4. The van der Waals surface area contributed by atoms with Crippen molar-refractivity contribution in [3.05, 3.63) is 78.5 Å². The predicted molar refractivity (Wildman–Crippen MR) is 123 cm³/mol. The van der Waals surface area contributed by atoms with Gasteiger partial charge in [-0.2, -0.15) is 0 Å². The molecule has 2 heterocycles. The summed E-state index contributed by atoms with van der Waals surface area (Å²) in [7, 11) is -0.349. The van der Waals surface area contributed by atoms with Gasteiger partial charge in [-0.15, -0.1) is 0 Å². The summed E-state index contributed by atoms with van der Waals surface area (Å²) in [5.41, 5.74) is 5.51. The highest BCUT2D eigenvalue weighted by Gasteiger charge is 2.51. The quantitative estimate of drug-likeness (QED) is 0.501. The Hall–Kier alpha value is -2.43. The van der Waals surface area contributed by atoms with Gasteiger partial charge in [0.15, 0.2) is 0 Å². The number of hydrogen-bond donors (Lipinski definition) is 0. The van der Waals surface area contributed by atoms with E-state index in [4.69, 9.17) is 9.31 Å². The fourth-order valence-electron chi connectivity index (χ4n) is 3.21. The minimum atomic E-state index is -0.349. The van der Waals surface area contributed by atoms with Gasteiger partial charge in [0.1, 0.15) is 0 Å². The third-order valence-electron chi connectivity index (χ3n) is 5.79. The molecule has 1 aliphatic heterocycles. The van der Waals surface area contributed by atoms with Crippen molar-refractivity contribution in [2.24, 2.45) is 0 Å². The van der Waals surface area contributed by atoms with Crippen molar-refractivity contribution in [1.82, 2.24) is 4.98 Å². The molecule has 4 heteroatoms. The standard InChI is InChI=1S/C25H30BNO2/c1-8-9-10-11-18(2)22-17-27-23(16-19(22)3)20-12-14-21(15-13-20)26-28-24(4,5)25(6,7)29-26/h8-17H,2H2,1,3-7H3/b9-8-,11-10-. The summed E-state index contributed by atoms with van der Waals surface area (Å²) < 4.78 is 12.3. The van der Waals surface area contributed by atoms with Gasteiger partial charge in [0.2, 0.25) is 0 Å². The van der Waals surface area contributed by atoms with Gasteiger partial charge in [-0.3, -0.25) is 4.98 Å². The monoisotopic (exact) mass is 387 g/mol. The van der Waals surface area contributed by atoms with Gasteiger partial charge >= 0.3 is 7.12 Å². The van der Waals surface area contributed by atoms with Crippen LogP contribution in [0.2, 0.25) is 0 Å². The Balaban J connectivity index is 1.79. The summed E-state index contributed by atoms with van der Waals surface area (Å²) in [4.78, 5) is 4.66. The van der Waals surface area contributed by atoms with Crippen LogP contribution in [0.5, 0.6) is 0 Å². The highest BCUT2D eigenvalue weighted by molar-refractivity contribution is 6.62. The van der Waals surface area contributed by atoms with E-state index >= 15 is 0 Å². The molecule has 0 spiro atoms. The molecule has 29 heavy (non-hydrogen) atoms. The van der Waals surface area contributed by atoms with Gasteiger partial charge in [0.25, 0.3) is 0 Å². The van der Waals surface area contributed by atoms with Gasteiger partial charge in [-0.1, -0.05) is 55.1 Å². The molecule has 1 aromatic heterocycles. The molecule has 2 aromatic rings. The molecule has 0 bridgehead atoms. The summed E-state index contributed by atoms with van der Waals surface area (Å²) in [6.45, 7) is 16.5. The van der Waals surface area contributed by atoms with Crippen LogP contribution in [-0.4, -0.2) is 23.3 Å². The van der Waals surface area contributed by atoms with Crippen molar-refractivity contribution < 1.29 is 9.31 Å². The fraction of sp³-hybridized carbons (Fsp3) is 0.320. The van der Waals surface area contributed by atoms with Crippen LogP contribution in [0.15, 0.2) is 67.4 Å². The van der Waals surface area contributed by atoms with Gasteiger partial charge in [0.05, 0.1) is 16.9 Å². The molecule has 1 saturated heterocycles. The Kier molecular flexibility index (Phi) is 5.97. The smallest absolute Gasteiger partial charge is 0.399 e. The maximum atomic E-state index is 6.14. The average molecular weight is 387 g/mol. The van der Waals surface area contributed by atoms with Crippen LogP contribution in [0.25, 0.3) is 16.8 Å². The molecule has 3 rings (SSSR count). The van der Waals surface area contributed by atoms with E-state index in [9.17, 15) is 0 Å². The van der Waals surface area contributed by atoms with Gasteiger partial charge in [0, 0.05) is 17.3 Å². The zero-order valence-corrected chi connectivity index (χ0v) is 18.3. The fourth-order valence-corrected chi connectivity index (χ4v) is 3.21. The normalized spacial score (nSPS) is 18.1. The van der Waals surface area contributed by atoms with Crippen molar-refractivity contribution in [3.63, 3.8) is 0 Å². The first-order valence-corrected chi connectivity index (χ1v) is 10.1. The molecular weight excluding hydrogens is 357 g/mol. The van der Waals surface area contributed by atoms with Crippen molar-refractivity contribution in [2.45, 2.75) is 52.7 Å². The summed E-state index contributed by atoms with van der Waals surface area (Å²) >= 11 is 0. The first-order valence-electron chi connectivity index (χ1n) is 10.1. The summed E-state index contributed by atoms with van der Waals surface area (Å²) in [6.07, 6.45) is 9.87. The van der Waals surface area contributed by atoms with E-state index in [1.807, 2.05) is 37.4 Å². The SMILES string of the molecule is C=C(/C=C\C=C/C)c1cnc(-c2ccc(B3OC(C)(C)C(C)(C)O3)cc2)cc1C. The first-order chi connectivity index (χ1) is 13.6. The molecule has 0 unspecified atom stereocenters. The molecule has 0 N–H and O–H groups in total. The van der Waals surface area contributed by atoms with Crippen molar-refractivity contribution in [3.8, 4) is 11.3 Å². The van der Waals surface area contributed by atoms with E-state index in [-0.39, 0.29) is 18.3 Å². The van der Waals surface area contributed by atoms with E-state index in [1.54, 1.807) is 0 Å². The number of pyridine rings is 1. The van der Waals surface area contributed by atoms with Crippen molar-refractivity contribution in [2.75, 3.05) is 0 Å². The van der Waals surface area contributed by atoms with Crippen LogP contribution in [-0.2, 0) is 9.31 Å². The van der Waals surface area contributed by atoms with Gasteiger partial charge < -0.3 is 9.31 Å². The lowest BCUT2D eigenvalue weighted by Gasteiger charge is -2.32. The second kappa shape index (κ2) is 8.13. The molecule has 1 aromatic carbocycles. The summed E-state index contributed by atoms with van der Waals surface area (Å²) in [5.74, 6) is 0. The lowest BCUT2D eigenvalue weighted by molar-refractivity contribution is 0.00578. The minimum Gasteiger partial charge on any atom is -0.399 e. The molecular formula is C25H30BNO2. The maximum Gasteiger partial charge on any atom is 0.494 e. The number of aromatic nitrogens is 1. The first kappa shape index (κ1) is 21.3. The van der Waals surface area contributed by atoms with Gasteiger partial charge in [-0.25, -0.2) is 0 Å². The Morgan fingerprint density at radius 1 is 1.03 bits per heavy atom. The maximum absolute atomic E-state index is 6.14. The number of allylic oxidation sites excluding steroid dienone is 5. The zero-order valence-electron chi connectivity index (χ0n) is 18.3. The van der Waals surface area contributed by atoms with Crippen LogP contribution in [0, 0.1) is 6.92 Å². The predicted octanol–water partition coefficient (Wildman–Crippen LogP) is 5.50. The second-order valence-corrected chi connectivity index (χ2v) is 8.50. The lowest BCUT2D eigenvalue weighted by Crippen LogP contribution is -2.41. The highest BCUT2D eigenvalue weighted by Crippen LogP contribution is 2.36. The van der Waals surface area contributed by atoms with E-state index in [1.165, 1.54) is 0 Å². The summed E-state index contributed by atoms with van der Waals surface area (Å²) in [5, 5.41) is 0. The third kappa shape index (κ3) is 4.44. The Morgan fingerprint density at radius 3 is 2.21 bits per heavy atom. The average Bonchev–Trinajstić information content (AvgIpc) is 2.89. The molecule has 1 fully saturated rings. The van der Waals surface area contributed by atoms with E-state index in [0.717, 1.165) is 33.4 Å². The Morgan fingerprint density at radius 2 is 1.66 bits per heavy atom. The van der Waals surface area contributed by atoms with E-state index in [0.29, 0.717) is 0 Å². The lowest BCUT2D eigenvalue weighted by atomic mass is 9.78. The number of rotatable bonds is 5. The van der Waals surface area contributed by atoms with Crippen LogP contribution in [0.3, 0.4) is 0 Å². The zero-order chi connectivity index (χ0) is 21.2. The number of hydrogen-bond acceptors (Lipinski definition) is 3. The van der Waals surface area contributed by atoms with Gasteiger partial charge in [-0.05, 0) is 64.2 Å². The van der Waals surface area contributed by atoms with Crippen molar-refractivity contribution >= 4 is 18.2 Å². The van der Waals surface area contributed by atoms with E-state index in [2.05, 4.69) is 76.5 Å². The molecule has 3 nitrogen and oxygen atoms in total. The molecule has 0 atom stereocenters. The van der Waals surface area contributed by atoms with Crippen LogP contribution >= 0.6 is 0 Å². The largest absolute Gasteiger partial charge is 0.494 e. The Labute approximate surface area is 175 Å². The molecule has 150 valence electrons. The third-order valence-corrected chi connectivity index (χ3v) is 5.79. The molecule has 0 saturated carbocycles. The van der Waals surface area contributed by atoms with Crippen LogP contribution in [0.1, 0.15) is 45.7 Å². The Bertz CT molecular complexity index is 939. The van der Waals surface area contributed by atoms with Crippen LogP contribution in [0.4, 0.5) is 0 Å². The molecule has 0 aliphatic carbocycles. The number of aryl methyl sites for hydroxylation is 1. The second-order valence-electron chi connectivity index (χ2n) is 8.50.